The first-order chi connectivity index (χ1) is 9.93. The summed E-state index contributed by atoms with van der Waals surface area (Å²) in [4.78, 5) is 2.25. The molecule has 0 amide bonds. The number of hydrogen-bond donors (Lipinski definition) is 3. The Morgan fingerprint density at radius 2 is 2.29 bits per heavy atom. The Balaban J connectivity index is 2.10. The Hall–Kier alpha value is -1.63. The molecule has 6 nitrogen and oxygen atoms in total. The number of ether oxygens (including phenoxy) is 1. The maximum atomic E-state index is 9.34. The Labute approximate surface area is 124 Å². The number of hydrogen-bond acceptors (Lipinski definition) is 5. The van der Waals surface area contributed by atoms with E-state index in [4.69, 9.17) is 15.7 Å². The van der Waals surface area contributed by atoms with Gasteiger partial charge < -0.3 is 20.8 Å². The molecule has 21 heavy (non-hydrogen) atoms. The fourth-order valence-electron chi connectivity index (χ4n) is 2.78. The standard InChI is InChI=1S/C15H23N3O3/c1-15(2)10-18(8-13(9-19)21-15)7-11-4-3-5-12(6-11)14(16)17-20/h3-6,13,19-20H,7-10H2,1-2H3,(H2,16,17). The van der Waals surface area contributed by atoms with Crippen LogP contribution in [0.3, 0.4) is 0 Å². The predicted molar refractivity (Wildman–Crippen MR) is 80.3 cm³/mol. The van der Waals surface area contributed by atoms with Crippen molar-refractivity contribution >= 4 is 5.84 Å². The van der Waals surface area contributed by atoms with E-state index >= 15 is 0 Å². The van der Waals surface area contributed by atoms with Gasteiger partial charge >= 0.3 is 0 Å². The van der Waals surface area contributed by atoms with Crippen LogP contribution in [-0.2, 0) is 11.3 Å². The molecular formula is C15H23N3O3. The van der Waals surface area contributed by atoms with E-state index in [9.17, 15) is 5.11 Å². The number of nitrogens with two attached hydrogens (primary N) is 1. The van der Waals surface area contributed by atoms with Gasteiger partial charge in [0.15, 0.2) is 5.84 Å². The Kier molecular flexibility index (Phi) is 4.82. The highest BCUT2D eigenvalue weighted by Crippen LogP contribution is 2.22. The lowest BCUT2D eigenvalue weighted by Crippen LogP contribution is -2.53. The highest BCUT2D eigenvalue weighted by molar-refractivity contribution is 5.97. The highest BCUT2D eigenvalue weighted by atomic mass is 16.5. The average molecular weight is 293 g/mol. The maximum absolute atomic E-state index is 9.34. The molecule has 0 aliphatic carbocycles. The molecule has 1 atom stereocenters. The minimum Gasteiger partial charge on any atom is -0.409 e. The van der Waals surface area contributed by atoms with Crippen molar-refractivity contribution in [2.75, 3.05) is 19.7 Å². The van der Waals surface area contributed by atoms with Crippen molar-refractivity contribution < 1.29 is 15.1 Å². The third kappa shape index (κ3) is 4.17. The first-order valence-electron chi connectivity index (χ1n) is 7.01. The van der Waals surface area contributed by atoms with Crippen LogP contribution in [0.2, 0.25) is 0 Å². The van der Waals surface area contributed by atoms with E-state index in [2.05, 4.69) is 10.1 Å². The number of morpholine rings is 1. The first-order valence-corrected chi connectivity index (χ1v) is 7.01. The molecule has 1 saturated heterocycles. The summed E-state index contributed by atoms with van der Waals surface area (Å²) in [5.41, 5.74) is 7.11. The van der Waals surface area contributed by atoms with E-state index in [0.29, 0.717) is 12.1 Å². The van der Waals surface area contributed by atoms with Gasteiger partial charge in [0, 0.05) is 25.2 Å². The smallest absolute Gasteiger partial charge is 0.170 e. The molecule has 1 aliphatic heterocycles. The Morgan fingerprint density at radius 1 is 1.52 bits per heavy atom. The van der Waals surface area contributed by atoms with E-state index in [-0.39, 0.29) is 24.1 Å². The summed E-state index contributed by atoms with van der Waals surface area (Å²) < 4.78 is 5.81. The summed E-state index contributed by atoms with van der Waals surface area (Å²) in [5.74, 6) is 0.104. The molecule has 2 rings (SSSR count). The topological polar surface area (TPSA) is 91.3 Å². The lowest BCUT2D eigenvalue weighted by Gasteiger charge is -2.42. The van der Waals surface area contributed by atoms with Gasteiger partial charge in [0.25, 0.3) is 0 Å². The molecule has 1 heterocycles. The van der Waals surface area contributed by atoms with Crippen molar-refractivity contribution in [2.24, 2.45) is 10.9 Å². The summed E-state index contributed by atoms with van der Waals surface area (Å²) in [7, 11) is 0. The predicted octanol–water partition coefficient (Wildman–Crippen LogP) is 0.753. The second-order valence-corrected chi connectivity index (χ2v) is 6.04. The molecule has 0 bridgehead atoms. The van der Waals surface area contributed by atoms with Crippen LogP contribution in [0, 0.1) is 0 Å². The van der Waals surface area contributed by atoms with Crippen molar-refractivity contribution in [3.8, 4) is 0 Å². The average Bonchev–Trinajstić information content (AvgIpc) is 2.45. The van der Waals surface area contributed by atoms with Crippen molar-refractivity contribution in [3.05, 3.63) is 35.4 Å². The molecule has 1 fully saturated rings. The van der Waals surface area contributed by atoms with Gasteiger partial charge in [-0.3, -0.25) is 4.90 Å². The zero-order valence-corrected chi connectivity index (χ0v) is 12.5. The minimum atomic E-state index is -0.283. The number of oxime groups is 1. The Morgan fingerprint density at radius 3 is 2.95 bits per heavy atom. The highest BCUT2D eigenvalue weighted by Gasteiger charge is 2.32. The van der Waals surface area contributed by atoms with Crippen LogP contribution in [-0.4, -0.2) is 52.5 Å². The van der Waals surface area contributed by atoms with Crippen molar-refractivity contribution in [1.29, 1.82) is 0 Å². The zero-order valence-electron chi connectivity index (χ0n) is 12.5. The third-order valence-corrected chi connectivity index (χ3v) is 3.49. The number of rotatable bonds is 4. The van der Waals surface area contributed by atoms with E-state index in [1.165, 1.54) is 0 Å². The summed E-state index contributed by atoms with van der Waals surface area (Å²) in [6.07, 6.45) is -0.166. The fraction of sp³-hybridized carbons (Fsp3) is 0.533. The second kappa shape index (κ2) is 6.43. The van der Waals surface area contributed by atoms with Crippen LogP contribution >= 0.6 is 0 Å². The van der Waals surface area contributed by atoms with Gasteiger partial charge in [-0.25, -0.2) is 0 Å². The first kappa shape index (κ1) is 15.8. The number of amidine groups is 1. The molecule has 0 spiro atoms. The summed E-state index contributed by atoms with van der Waals surface area (Å²) >= 11 is 0. The van der Waals surface area contributed by atoms with Gasteiger partial charge in [-0.2, -0.15) is 0 Å². The van der Waals surface area contributed by atoms with Gasteiger partial charge in [0.05, 0.1) is 18.3 Å². The van der Waals surface area contributed by atoms with E-state index in [1.807, 2.05) is 32.0 Å². The molecule has 1 aromatic rings. The summed E-state index contributed by atoms with van der Waals surface area (Å²) in [5, 5.41) is 21.1. The second-order valence-electron chi connectivity index (χ2n) is 6.04. The fourth-order valence-corrected chi connectivity index (χ4v) is 2.78. The number of aliphatic hydroxyl groups excluding tert-OH is 1. The summed E-state index contributed by atoms with van der Waals surface area (Å²) in [6.45, 7) is 6.27. The molecule has 0 saturated carbocycles. The van der Waals surface area contributed by atoms with Gasteiger partial charge in [-0.05, 0) is 25.5 Å². The largest absolute Gasteiger partial charge is 0.409 e. The normalized spacial score (nSPS) is 23.2. The number of benzene rings is 1. The van der Waals surface area contributed by atoms with Crippen LogP contribution in [0.1, 0.15) is 25.0 Å². The van der Waals surface area contributed by atoms with E-state index in [1.54, 1.807) is 6.07 Å². The SMILES string of the molecule is CC1(C)CN(Cc2cccc(/C(N)=N/O)c2)CC(CO)O1. The van der Waals surface area contributed by atoms with Crippen LogP contribution in [0.15, 0.2) is 29.4 Å². The molecule has 0 radical (unpaired) electrons. The molecule has 116 valence electrons. The molecular weight excluding hydrogens is 270 g/mol. The summed E-state index contributed by atoms with van der Waals surface area (Å²) in [6, 6.07) is 7.60. The quantitative estimate of drug-likeness (QED) is 0.330. The molecule has 1 unspecified atom stereocenters. The van der Waals surface area contributed by atoms with Gasteiger partial charge in [0.1, 0.15) is 0 Å². The zero-order chi connectivity index (χ0) is 15.5. The molecule has 6 heteroatoms. The molecule has 4 N–H and O–H groups in total. The molecule has 1 aromatic carbocycles. The van der Waals surface area contributed by atoms with E-state index < -0.39 is 0 Å². The van der Waals surface area contributed by atoms with Gasteiger partial charge in [-0.15, -0.1) is 0 Å². The Bertz CT molecular complexity index is 517. The van der Waals surface area contributed by atoms with Crippen LogP contribution in [0.4, 0.5) is 0 Å². The maximum Gasteiger partial charge on any atom is 0.170 e. The third-order valence-electron chi connectivity index (χ3n) is 3.49. The minimum absolute atomic E-state index is 0.0179. The number of aliphatic hydroxyl groups is 1. The van der Waals surface area contributed by atoms with Gasteiger partial charge in [-0.1, -0.05) is 23.4 Å². The molecule has 1 aliphatic rings. The lowest BCUT2D eigenvalue weighted by molar-refractivity contribution is -0.150. The van der Waals surface area contributed by atoms with Crippen molar-refractivity contribution in [1.82, 2.24) is 4.90 Å². The van der Waals surface area contributed by atoms with Gasteiger partial charge in [0.2, 0.25) is 0 Å². The van der Waals surface area contributed by atoms with Crippen molar-refractivity contribution in [2.45, 2.75) is 32.1 Å². The monoisotopic (exact) mass is 293 g/mol. The van der Waals surface area contributed by atoms with Crippen LogP contribution in [0.5, 0.6) is 0 Å². The van der Waals surface area contributed by atoms with Crippen LogP contribution in [0.25, 0.3) is 0 Å². The van der Waals surface area contributed by atoms with E-state index in [0.717, 1.165) is 18.7 Å². The lowest BCUT2D eigenvalue weighted by atomic mass is 10.0. The molecule has 0 aromatic heterocycles. The van der Waals surface area contributed by atoms with Crippen LogP contribution < -0.4 is 5.73 Å². The number of nitrogens with zero attached hydrogens (tertiary/aromatic N) is 2. The van der Waals surface area contributed by atoms with Crippen molar-refractivity contribution in [3.63, 3.8) is 0 Å².